The summed E-state index contributed by atoms with van der Waals surface area (Å²) in [5.41, 5.74) is 0.330. The molecule has 0 saturated carbocycles. The van der Waals surface area contributed by atoms with Gasteiger partial charge in [0.15, 0.2) is 0 Å². The maximum atomic E-state index is 12.3. The van der Waals surface area contributed by atoms with E-state index in [4.69, 9.17) is 23.2 Å². The second-order valence-corrected chi connectivity index (χ2v) is 8.61. The van der Waals surface area contributed by atoms with Crippen molar-refractivity contribution in [3.63, 3.8) is 0 Å². The molecule has 0 radical (unpaired) electrons. The highest BCUT2D eigenvalue weighted by Crippen LogP contribution is 2.29. The Balaban J connectivity index is 2.44. The SMILES string of the molecule is CN(C)C(=O)c1ccc(Cl)cc1NS(=O)(=O)c1ccc(Cl)s1. The first kappa shape index (κ1) is 17.1. The number of carbonyl (C=O) groups is 1. The van der Waals surface area contributed by atoms with E-state index in [0.29, 0.717) is 9.36 Å². The van der Waals surface area contributed by atoms with Crippen LogP contribution in [0.5, 0.6) is 0 Å². The molecule has 1 heterocycles. The fourth-order valence-corrected chi connectivity index (χ4v) is 4.39. The molecule has 0 unspecified atom stereocenters. The van der Waals surface area contributed by atoms with Crippen molar-refractivity contribution >= 4 is 56.2 Å². The van der Waals surface area contributed by atoms with Crippen molar-refractivity contribution in [1.82, 2.24) is 4.90 Å². The molecular weight excluding hydrogens is 367 g/mol. The molecular formula is C13H12Cl2N2O3S2. The van der Waals surface area contributed by atoms with Crippen LogP contribution < -0.4 is 4.72 Å². The molecule has 1 N–H and O–H groups in total. The lowest BCUT2D eigenvalue weighted by atomic mass is 10.1. The quantitative estimate of drug-likeness (QED) is 0.884. The molecule has 0 fully saturated rings. The number of amides is 1. The van der Waals surface area contributed by atoms with Crippen LogP contribution in [0.15, 0.2) is 34.5 Å². The minimum absolute atomic E-state index is 0.0562. The van der Waals surface area contributed by atoms with Crippen LogP contribution in [0.4, 0.5) is 5.69 Å². The molecule has 22 heavy (non-hydrogen) atoms. The first-order valence-electron chi connectivity index (χ1n) is 6.00. The van der Waals surface area contributed by atoms with Gasteiger partial charge in [0.2, 0.25) is 0 Å². The maximum absolute atomic E-state index is 12.3. The molecule has 0 saturated heterocycles. The van der Waals surface area contributed by atoms with E-state index >= 15 is 0 Å². The number of halogens is 2. The number of rotatable bonds is 4. The van der Waals surface area contributed by atoms with E-state index in [9.17, 15) is 13.2 Å². The van der Waals surface area contributed by atoms with Crippen molar-refractivity contribution in [2.45, 2.75) is 4.21 Å². The van der Waals surface area contributed by atoms with Crippen LogP contribution in [0.3, 0.4) is 0 Å². The Kier molecular flexibility index (Phi) is 5.01. The second-order valence-electron chi connectivity index (χ2n) is 4.55. The van der Waals surface area contributed by atoms with Crippen molar-refractivity contribution in [2.24, 2.45) is 0 Å². The van der Waals surface area contributed by atoms with Crippen molar-refractivity contribution in [2.75, 3.05) is 18.8 Å². The molecule has 1 aromatic heterocycles. The molecule has 2 rings (SSSR count). The third kappa shape index (κ3) is 3.73. The predicted molar refractivity (Wildman–Crippen MR) is 89.6 cm³/mol. The Hall–Kier alpha value is -1.28. The summed E-state index contributed by atoms with van der Waals surface area (Å²) in [4.78, 5) is 13.5. The number of hydrogen-bond acceptors (Lipinski definition) is 4. The Morgan fingerprint density at radius 1 is 1.18 bits per heavy atom. The van der Waals surface area contributed by atoms with Gasteiger partial charge in [-0.2, -0.15) is 0 Å². The van der Waals surface area contributed by atoms with Crippen LogP contribution >= 0.6 is 34.5 Å². The van der Waals surface area contributed by atoms with Gasteiger partial charge in [-0.1, -0.05) is 23.2 Å². The fraction of sp³-hybridized carbons (Fsp3) is 0.154. The zero-order valence-electron chi connectivity index (χ0n) is 11.6. The average molecular weight is 379 g/mol. The van der Waals surface area contributed by atoms with Crippen LogP contribution in [0, 0.1) is 0 Å². The van der Waals surface area contributed by atoms with Crippen LogP contribution in [0.2, 0.25) is 9.36 Å². The molecule has 1 amide bonds. The largest absolute Gasteiger partial charge is 0.345 e. The third-order valence-corrected chi connectivity index (χ3v) is 6.00. The molecule has 0 spiro atoms. The maximum Gasteiger partial charge on any atom is 0.271 e. The standard InChI is InChI=1S/C13H12Cl2N2O3S2/c1-17(2)13(18)9-4-3-8(14)7-10(9)16-22(19,20)12-6-5-11(15)21-12/h3-7,16H,1-2H3. The van der Waals surface area contributed by atoms with E-state index in [-0.39, 0.29) is 21.4 Å². The van der Waals surface area contributed by atoms with Gasteiger partial charge in [-0.25, -0.2) is 8.42 Å². The fourth-order valence-electron chi connectivity index (χ4n) is 1.67. The van der Waals surface area contributed by atoms with Crippen molar-refractivity contribution < 1.29 is 13.2 Å². The lowest BCUT2D eigenvalue weighted by molar-refractivity contribution is 0.0828. The minimum atomic E-state index is -3.84. The van der Waals surface area contributed by atoms with Gasteiger partial charge in [0.1, 0.15) is 4.21 Å². The summed E-state index contributed by atoms with van der Waals surface area (Å²) < 4.78 is 27.5. The Bertz CT molecular complexity index is 816. The van der Waals surface area contributed by atoms with Crippen LogP contribution in [-0.2, 0) is 10.0 Å². The number of nitrogens with one attached hydrogen (secondary N) is 1. The summed E-state index contributed by atoms with van der Waals surface area (Å²) in [7, 11) is -0.681. The molecule has 5 nitrogen and oxygen atoms in total. The van der Waals surface area contributed by atoms with Gasteiger partial charge < -0.3 is 4.90 Å². The molecule has 0 aliphatic rings. The molecule has 9 heteroatoms. The molecule has 1 aromatic carbocycles. The average Bonchev–Trinajstić information content (AvgIpc) is 2.85. The van der Waals surface area contributed by atoms with E-state index in [1.807, 2.05) is 0 Å². The molecule has 0 aliphatic carbocycles. The van der Waals surface area contributed by atoms with Gasteiger partial charge >= 0.3 is 0 Å². The third-order valence-electron chi connectivity index (χ3n) is 2.68. The van der Waals surface area contributed by atoms with E-state index < -0.39 is 10.0 Å². The lowest BCUT2D eigenvalue weighted by Crippen LogP contribution is -2.24. The second kappa shape index (κ2) is 6.45. The molecule has 118 valence electrons. The number of nitrogens with zero attached hydrogens (tertiary/aromatic N) is 1. The summed E-state index contributed by atoms with van der Waals surface area (Å²) in [5.74, 6) is -0.335. The predicted octanol–water partition coefficient (Wildman–Crippen LogP) is 3.56. The summed E-state index contributed by atoms with van der Waals surface area (Å²) >= 11 is 12.6. The Morgan fingerprint density at radius 3 is 2.41 bits per heavy atom. The zero-order valence-corrected chi connectivity index (χ0v) is 14.8. The number of thiophene rings is 1. The van der Waals surface area contributed by atoms with E-state index in [1.165, 1.54) is 35.2 Å². The molecule has 2 aromatic rings. The van der Waals surface area contributed by atoms with Gasteiger partial charge in [-0.05, 0) is 30.3 Å². The summed E-state index contributed by atoms with van der Waals surface area (Å²) in [6, 6.07) is 7.28. The van der Waals surface area contributed by atoms with Gasteiger partial charge in [0, 0.05) is 19.1 Å². The van der Waals surface area contributed by atoms with Crippen LogP contribution in [0.25, 0.3) is 0 Å². The summed E-state index contributed by atoms with van der Waals surface area (Å²) in [6.45, 7) is 0. The first-order valence-corrected chi connectivity index (χ1v) is 9.05. The highest BCUT2D eigenvalue weighted by molar-refractivity contribution is 7.94. The molecule has 0 atom stereocenters. The first-order chi connectivity index (χ1) is 10.2. The van der Waals surface area contributed by atoms with Gasteiger partial charge in [0.25, 0.3) is 15.9 Å². The Morgan fingerprint density at radius 2 is 1.86 bits per heavy atom. The van der Waals surface area contributed by atoms with Gasteiger partial charge in [-0.3, -0.25) is 9.52 Å². The highest BCUT2D eigenvalue weighted by Gasteiger charge is 2.21. The number of benzene rings is 1. The minimum Gasteiger partial charge on any atom is -0.345 e. The topological polar surface area (TPSA) is 66.5 Å². The van der Waals surface area contributed by atoms with E-state index in [2.05, 4.69) is 4.72 Å². The van der Waals surface area contributed by atoms with Crippen molar-refractivity contribution in [3.05, 3.63) is 45.3 Å². The molecule has 0 bridgehead atoms. The smallest absolute Gasteiger partial charge is 0.271 e. The lowest BCUT2D eigenvalue weighted by Gasteiger charge is -2.15. The number of hydrogen-bond donors (Lipinski definition) is 1. The normalized spacial score (nSPS) is 11.3. The summed E-state index contributed by atoms with van der Waals surface area (Å²) in [6.07, 6.45) is 0. The van der Waals surface area contributed by atoms with E-state index in [0.717, 1.165) is 11.3 Å². The van der Waals surface area contributed by atoms with E-state index in [1.54, 1.807) is 14.1 Å². The van der Waals surface area contributed by atoms with Crippen molar-refractivity contribution in [3.8, 4) is 0 Å². The Labute approximate surface area is 142 Å². The number of sulfonamides is 1. The molecule has 0 aliphatic heterocycles. The zero-order chi connectivity index (χ0) is 16.5. The highest BCUT2D eigenvalue weighted by atomic mass is 35.5. The number of anilines is 1. The van der Waals surface area contributed by atoms with Gasteiger partial charge in [0.05, 0.1) is 15.6 Å². The van der Waals surface area contributed by atoms with Gasteiger partial charge in [-0.15, -0.1) is 11.3 Å². The number of carbonyl (C=O) groups excluding carboxylic acids is 1. The van der Waals surface area contributed by atoms with Crippen molar-refractivity contribution in [1.29, 1.82) is 0 Å². The van der Waals surface area contributed by atoms with Crippen LogP contribution in [-0.4, -0.2) is 33.3 Å². The monoisotopic (exact) mass is 378 g/mol. The van der Waals surface area contributed by atoms with Crippen LogP contribution in [0.1, 0.15) is 10.4 Å². The summed E-state index contributed by atoms with van der Waals surface area (Å²) in [5, 5.41) is 0.317.